The van der Waals surface area contributed by atoms with E-state index in [2.05, 4.69) is 0 Å². The average Bonchev–Trinajstić information content (AvgIpc) is 2.27. The van der Waals surface area contributed by atoms with E-state index < -0.39 is 0 Å². The second kappa shape index (κ2) is 6.33. The molecule has 0 amide bonds. The first-order valence-electron chi connectivity index (χ1n) is 5.13. The SMILES string of the molecule is Oc1ccc(C=Cc2cc(O)cc(O)c2)cc1.[H-].[H-].[Mg+2]. The first-order valence-corrected chi connectivity index (χ1v) is 5.13. The van der Waals surface area contributed by atoms with E-state index in [1.807, 2.05) is 6.08 Å². The van der Waals surface area contributed by atoms with Crippen LogP contribution in [0.1, 0.15) is 14.0 Å². The normalized spacial score (nSPS) is 10.2. The molecule has 90 valence electrons. The van der Waals surface area contributed by atoms with Crippen molar-refractivity contribution >= 4 is 35.2 Å². The third kappa shape index (κ3) is 3.98. The maximum Gasteiger partial charge on any atom is 2.00 e. The van der Waals surface area contributed by atoms with Crippen molar-refractivity contribution in [2.24, 2.45) is 0 Å². The summed E-state index contributed by atoms with van der Waals surface area (Å²) in [5, 5.41) is 27.7. The molecule has 0 spiro atoms. The van der Waals surface area contributed by atoms with Crippen LogP contribution in [0.2, 0.25) is 0 Å². The van der Waals surface area contributed by atoms with E-state index in [1.165, 1.54) is 6.07 Å². The molecule has 0 bridgehead atoms. The zero-order chi connectivity index (χ0) is 12.3. The molecule has 0 saturated carbocycles. The van der Waals surface area contributed by atoms with Crippen molar-refractivity contribution in [3.8, 4) is 17.2 Å². The molecule has 0 saturated heterocycles. The van der Waals surface area contributed by atoms with Gasteiger partial charge < -0.3 is 18.2 Å². The molecule has 2 aromatic carbocycles. The van der Waals surface area contributed by atoms with Gasteiger partial charge in [0, 0.05) is 6.07 Å². The smallest absolute Gasteiger partial charge is 1.00 e. The van der Waals surface area contributed by atoms with Crippen molar-refractivity contribution in [2.45, 2.75) is 0 Å². The molecule has 0 heterocycles. The van der Waals surface area contributed by atoms with Gasteiger partial charge in [0.15, 0.2) is 0 Å². The molecule has 0 aromatic heterocycles. The Morgan fingerprint density at radius 2 is 1.17 bits per heavy atom. The molecule has 3 N–H and O–H groups in total. The quantitative estimate of drug-likeness (QED) is 0.570. The third-order valence-electron chi connectivity index (χ3n) is 2.29. The molecule has 0 radical (unpaired) electrons. The van der Waals surface area contributed by atoms with Gasteiger partial charge in [-0.05, 0) is 35.4 Å². The van der Waals surface area contributed by atoms with E-state index in [4.69, 9.17) is 5.11 Å². The Morgan fingerprint density at radius 1 is 0.667 bits per heavy atom. The van der Waals surface area contributed by atoms with Gasteiger partial charge in [0.25, 0.3) is 0 Å². The maximum atomic E-state index is 9.30. The molecule has 0 unspecified atom stereocenters. The van der Waals surface area contributed by atoms with E-state index in [9.17, 15) is 10.2 Å². The Morgan fingerprint density at radius 3 is 1.72 bits per heavy atom. The second-order valence-electron chi connectivity index (χ2n) is 3.71. The molecule has 0 fully saturated rings. The minimum Gasteiger partial charge on any atom is -1.00 e. The van der Waals surface area contributed by atoms with Gasteiger partial charge in [-0.25, -0.2) is 0 Å². The van der Waals surface area contributed by atoms with Crippen LogP contribution in [-0.4, -0.2) is 38.4 Å². The summed E-state index contributed by atoms with van der Waals surface area (Å²) in [4.78, 5) is 0. The largest absolute Gasteiger partial charge is 2.00 e. The van der Waals surface area contributed by atoms with E-state index in [0.717, 1.165) is 5.56 Å². The van der Waals surface area contributed by atoms with Crippen LogP contribution in [0.15, 0.2) is 42.5 Å². The van der Waals surface area contributed by atoms with Crippen LogP contribution in [0.4, 0.5) is 0 Å². The third-order valence-corrected chi connectivity index (χ3v) is 2.29. The molecule has 3 nitrogen and oxygen atoms in total. The summed E-state index contributed by atoms with van der Waals surface area (Å²) in [7, 11) is 0. The van der Waals surface area contributed by atoms with Crippen molar-refractivity contribution in [3.05, 3.63) is 53.6 Å². The van der Waals surface area contributed by atoms with Crippen LogP contribution in [0.5, 0.6) is 17.2 Å². The van der Waals surface area contributed by atoms with Gasteiger partial charge in [-0.1, -0.05) is 24.3 Å². The van der Waals surface area contributed by atoms with Crippen LogP contribution < -0.4 is 0 Å². The number of aromatic hydroxyl groups is 3. The first kappa shape index (κ1) is 14.4. The summed E-state index contributed by atoms with van der Waals surface area (Å²) in [5.41, 5.74) is 1.63. The van der Waals surface area contributed by atoms with E-state index in [1.54, 1.807) is 42.5 Å². The van der Waals surface area contributed by atoms with Crippen LogP contribution in [0.3, 0.4) is 0 Å². The van der Waals surface area contributed by atoms with Crippen LogP contribution in [-0.2, 0) is 0 Å². The predicted molar refractivity (Wildman–Crippen MR) is 74.8 cm³/mol. The number of benzene rings is 2. The Balaban J connectivity index is 0. The predicted octanol–water partition coefficient (Wildman–Crippen LogP) is 2.82. The summed E-state index contributed by atoms with van der Waals surface area (Å²) < 4.78 is 0. The number of hydrogen-bond acceptors (Lipinski definition) is 3. The molecule has 18 heavy (non-hydrogen) atoms. The van der Waals surface area contributed by atoms with Crippen molar-refractivity contribution < 1.29 is 18.2 Å². The average molecular weight is 255 g/mol. The van der Waals surface area contributed by atoms with E-state index in [0.29, 0.717) is 5.56 Å². The van der Waals surface area contributed by atoms with E-state index in [-0.39, 0.29) is 43.2 Å². The first-order chi connectivity index (χ1) is 8.13. The zero-order valence-corrected chi connectivity index (χ0v) is 11.2. The summed E-state index contributed by atoms with van der Waals surface area (Å²) in [5.74, 6) is 0.267. The van der Waals surface area contributed by atoms with Crippen molar-refractivity contribution in [3.63, 3.8) is 0 Å². The fraction of sp³-hybridized carbons (Fsp3) is 0. The van der Waals surface area contributed by atoms with Gasteiger partial charge in [0.1, 0.15) is 17.2 Å². The van der Waals surface area contributed by atoms with Gasteiger partial charge in [0.05, 0.1) is 0 Å². The zero-order valence-electron chi connectivity index (χ0n) is 11.7. The number of phenolic OH excluding ortho intramolecular Hbond substituents is 3. The Hall–Kier alpha value is -1.65. The van der Waals surface area contributed by atoms with Gasteiger partial charge in [0.2, 0.25) is 0 Å². The van der Waals surface area contributed by atoms with Gasteiger partial charge in [-0.3, -0.25) is 0 Å². The monoisotopic (exact) mass is 254 g/mol. The van der Waals surface area contributed by atoms with Crippen molar-refractivity contribution in [2.75, 3.05) is 0 Å². The van der Waals surface area contributed by atoms with Crippen LogP contribution >= 0.6 is 0 Å². The molecule has 2 rings (SSSR count). The molecule has 2 aromatic rings. The second-order valence-corrected chi connectivity index (χ2v) is 3.71. The summed E-state index contributed by atoms with van der Waals surface area (Å²) in [6, 6.07) is 11.1. The summed E-state index contributed by atoms with van der Waals surface area (Å²) >= 11 is 0. The van der Waals surface area contributed by atoms with Crippen LogP contribution in [0, 0.1) is 0 Å². The molecule has 0 aliphatic heterocycles. The molecular weight excluding hydrogens is 240 g/mol. The van der Waals surface area contributed by atoms with E-state index >= 15 is 0 Å². The van der Waals surface area contributed by atoms with Crippen molar-refractivity contribution in [1.82, 2.24) is 0 Å². The maximum absolute atomic E-state index is 9.30. The Kier molecular flexibility index (Phi) is 5.06. The molecule has 0 aliphatic carbocycles. The molecule has 0 aliphatic rings. The summed E-state index contributed by atoms with van der Waals surface area (Å²) in [6.45, 7) is 0. The Bertz CT molecular complexity index is 537. The minimum absolute atomic E-state index is 0. The van der Waals surface area contributed by atoms with Crippen LogP contribution in [0.25, 0.3) is 12.2 Å². The fourth-order valence-electron chi connectivity index (χ4n) is 1.49. The number of phenols is 3. The van der Waals surface area contributed by atoms with Gasteiger partial charge in [-0.2, -0.15) is 0 Å². The molecule has 0 atom stereocenters. The Labute approximate surface area is 124 Å². The fourth-order valence-corrected chi connectivity index (χ4v) is 1.49. The standard InChI is InChI=1S/C14H12O3.Mg.2H/c15-12-5-3-10(4-6-12)1-2-11-7-13(16)9-14(17)8-11;;;/h1-9,15-17H;;;/q;+2;2*-1. The van der Waals surface area contributed by atoms with Gasteiger partial charge in [-0.15, -0.1) is 0 Å². The number of hydrogen-bond donors (Lipinski definition) is 3. The molecule has 4 heteroatoms. The summed E-state index contributed by atoms with van der Waals surface area (Å²) in [6.07, 6.45) is 3.60. The molecular formula is C14H14MgO3. The number of rotatable bonds is 2. The van der Waals surface area contributed by atoms with Gasteiger partial charge >= 0.3 is 23.1 Å². The van der Waals surface area contributed by atoms with Crippen molar-refractivity contribution in [1.29, 1.82) is 0 Å². The topological polar surface area (TPSA) is 60.7 Å². The minimum atomic E-state index is 0.